The Hall–Kier alpha value is -2.24. The van der Waals surface area contributed by atoms with Crippen molar-refractivity contribution in [2.45, 2.75) is 63.9 Å². The van der Waals surface area contributed by atoms with Crippen LogP contribution in [0.5, 0.6) is 0 Å². The third-order valence-electron chi connectivity index (χ3n) is 4.70. The summed E-state index contributed by atoms with van der Waals surface area (Å²) >= 11 is 0. The van der Waals surface area contributed by atoms with Gasteiger partial charge in [0.05, 0.1) is 18.8 Å². The number of carboxylic acids is 1. The molecule has 0 aliphatic carbocycles. The number of carbonyl (C=O) groups is 4. The van der Waals surface area contributed by atoms with E-state index in [1.807, 2.05) is 0 Å². The van der Waals surface area contributed by atoms with Crippen LogP contribution in [0.15, 0.2) is 0 Å². The fourth-order valence-electron chi connectivity index (χ4n) is 2.87. The van der Waals surface area contributed by atoms with Crippen LogP contribution in [-0.2, 0) is 19.2 Å². The lowest BCUT2D eigenvalue weighted by molar-refractivity contribution is -0.150. The molecule has 0 aromatic carbocycles. The van der Waals surface area contributed by atoms with Gasteiger partial charge in [0.15, 0.2) is 0 Å². The van der Waals surface area contributed by atoms with Gasteiger partial charge in [0, 0.05) is 6.54 Å². The third kappa shape index (κ3) is 5.88. The molecular weight excluding hydrogens is 372 g/mol. The molecule has 3 amide bonds. The van der Waals surface area contributed by atoms with Crippen LogP contribution >= 0.6 is 0 Å². The van der Waals surface area contributed by atoms with Crippen molar-refractivity contribution in [3.8, 4) is 0 Å². The Bertz CT molecular complexity index is 596. The maximum Gasteiger partial charge on any atom is 0.326 e. The van der Waals surface area contributed by atoms with E-state index in [9.17, 15) is 34.5 Å². The molecule has 0 radical (unpaired) electrons. The van der Waals surface area contributed by atoms with E-state index in [1.54, 1.807) is 13.8 Å². The number of nitrogens with one attached hydrogen (secondary N) is 2. The molecule has 0 saturated carbocycles. The number of nitrogens with two attached hydrogens (primary N) is 1. The van der Waals surface area contributed by atoms with Crippen molar-refractivity contribution in [3.05, 3.63) is 0 Å². The Labute approximate surface area is 163 Å². The van der Waals surface area contributed by atoms with Gasteiger partial charge in [-0.15, -0.1) is 0 Å². The van der Waals surface area contributed by atoms with Gasteiger partial charge >= 0.3 is 5.97 Å². The van der Waals surface area contributed by atoms with Crippen LogP contribution in [0.3, 0.4) is 0 Å². The molecule has 0 aromatic rings. The summed E-state index contributed by atoms with van der Waals surface area (Å²) in [5, 5.41) is 33.2. The van der Waals surface area contributed by atoms with E-state index in [0.717, 1.165) is 4.90 Å². The fraction of sp³-hybridized carbons (Fsp3) is 0.765. The number of carboxylic acid groups (broad SMARTS) is 1. The molecule has 1 aliphatic rings. The number of rotatable bonds is 9. The molecule has 160 valence electrons. The first-order chi connectivity index (χ1) is 13.0. The van der Waals surface area contributed by atoms with Gasteiger partial charge in [-0.2, -0.15) is 0 Å². The number of amides is 3. The van der Waals surface area contributed by atoms with Crippen LogP contribution < -0.4 is 16.4 Å². The maximum absolute atomic E-state index is 12.7. The molecule has 0 aromatic heterocycles. The van der Waals surface area contributed by atoms with E-state index in [0.29, 0.717) is 6.42 Å². The highest BCUT2D eigenvalue weighted by molar-refractivity contribution is 5.94. The first-order valence-electron chi connectivity index (χ1n) is 9.19. The van der Waals surface area contributed by atoms with Gasteiger partial charge in [0.25, 0.3) is 0 Å². The molecule has 1 aliphatic heterocycles. The second-order valence-electron chi connectivity index (χ2n) is 7.27. The third-order valence-corrected chi connectivity index (χ3v) is 4.70. The summed E-state index contributed by atoms with van der Waals surface area (Å²) in [5.74, 6) is -3.64. The van der Waals surface area contributed by atoms with Crippen molar-refractivity contribution in [2.75, 3.05) is 13.2 Å². The quantitative estimate of drug-likeness (QED) is 0.242. The lowest BCUT2D eigenvalue weighted by Gasteiger charge is -2.30. The number of hydrogen-bond acceptors (Lipinski definition) is 7. The average molecular weight is 402 g/mol. The van der Waals surface area contributed by atoms with Crippen LogP contribution in [0.25, 0.3) is 0 Å². The summed E-state index contributed by atoms with van der Waals surface area (Å²) in [4.78, 5) is 49.5. The minimum absolute atomic E-state index is 0.193. The number of carbonyl (C=O) groups excluding carboxylic acids is 3. The Morgan fingerprint density at radius 2 is 1.75 bits per heavy atom. The molecule has 5 atom stereocenters. The molecule has 0 spiro atoms. The van der Waals surface area contributed by atoms with Crippen molar-refractivity contribution in [1.82, 2.24) is 15.5 Å². The molecule has 28 heavy (non-hydrogen) atoms. The Kier molecular flexibility index (Phi) is 8.79. The number of hydrogen-bond donors (Lipinski definition) is 6. The zero-order valence-electron chi connectivity index (χ0n) is 16.3. The first-order valence-corrected chi connectivity index (χ1v) is 9.19. The van der Waals surface area contributed by atoms with Gasteiger partial charge in [-0.3, -0.25) is 14.4 Å². The number of aliphatic carboxylic acids is 1. The van der Waals surface area contributed by atoms with Crippen molar-refractivity contribution >= 4 is 23.7 Å². The van der Waals surface area contributed by atoms with E-state index < -0.39 is 60.6 Å². The van der Waals surface area contributed by atoms with Gasteiger partial charge in [-0.1, -0.05) is 13.8 Å². The van der Waals surface area contributed by atoms with Gasteiger partial charge in [-0.25, -0.2) is 4.79 Å². The summed E-state index contributed by atoms with van der Waals surface area (Å²) in [6.45, 7) is 4.16. The second-order valence-corrected chi connectivity index (χ2v) is 7.27. The Balaban J connectivity index is 2.86. The van der Waals surface area contributed by atoms with Crippen LogP contribution in [0, 0.1) is 5.92 Å². The monoisotopic (exact) mass is 402 g/mol. The van der Waals surface area contributed by atoms with E-state index in [4.69, 9.17) is 5.73 Å². The molecule has 0 bridgehead atoms. The predicted molar refractivity (Wildman–Crippen MR) is 97.8 cm³/mol. The molecule has 1 saturated heterocycles. The van der Waals surface area contributed by atoms with Crippen LogP contribution in [0.4, 0.5) is 0 Å². The summed E-state index contributed by atoms with van der Waals surface area (Å²) in [7, 11) is 0. The molecule has 1 heterocycles. The number of likely N-dealkylation sites (tertiary alicyclic amines) is 1. The van der Waals surface area contributed by atoms with E-state index in [-0.39, 0.29) is 18.9 Å². The molecule has 7 N–H and O–H groups in total. The SMILES string of the molecule is CC(C)[C@H](N)C(=O)N[C@@H](CO)C(=O)N[C@H](C(=O)N1CCC[C@H]1C(=O)O)[C@@H](C)O. The Morgan fingerprint density at radius 3 is 2.21 bits per heavy atom. The minimum Gasteiger partial charge on any atom is -0.480 e. The van der Waals surface area contributed by atoms with E-state index in [2.05, 4.69) is 10.6 Å². The molecule has 11 nitrogen and oxygen atoms in total. The zero-order valence-corrected chi connectivity index (χ0v) is 16.3. The van der Waals surface area contributed by atoms with Crippen molar-refractivity contribution < 1.29 is 34.5 Å². The minimum atomic E-state index is -1.42. The zero-order chi connectivity index (χ0) is 21.6. The summed E-state index contributed by atoms with van der Waals surface area (Å²) < 4.78 is 0. The van der Waals surface area contributed by atoms with Crippen LogP contribution in [0.1, 0.15) is 33.6 Å². The van der Waals surface area contributed by atoms with Crippen LogP contribution in [-0.4, -0.2) is 87.3 Å². The highest BCUT2D eigenvalue weighted by atomic mass is 16.4. The topological polar surface area (TPSA) is 182 Å². The molecule has 11 heteroatoms. The number of nitrogens with zero attached hydrogens (tertiary/aromatic N) is 1. The van der Waals surface area contributed by atoms with Crippen molar-refractivity contribution in [1.29, 1.82) is 0 Å². The lowest BCUT2D eigenvalue weighted by atomic mass is 10.0. The number of aliphatic hydroxyl groups excluding tert-OH is 2. The molecule has 1 fully saturated rings. The highest BCUT2D eigenvalue weighted by Crippen LogP contribution is 2.19. The molecular formula is C17H30N4O7. The van der Waals surface area contributed by atoms with E-state index >= 15 is 0 Å². The van der Waals surface area contributed by atoms with Gasteiger partial charge in [-0.05, 0) is 25.7 Å². The van der Waals surface area contributed by atoms with Crippen molar-refractivity contribution in [3.63, 3.8) is 0 Å². The van der Waals surface area contributed by atoms with Gasteiger partial charge in [0.2, 0.25) is 17.7 Å². The largest absolute Gasteiger partial charge is 0.480 e. The first kappa shape index (κ1) is 23.8. The van der Waals surface area contributed by atoms with E-state index in [1.165, 1.54) is 6.92 Å². The fourth-order valence-corrected chi connectivity index (χ4v) is 2.87. The molecule has 1 rings (SSSR count). The van der Waals surface area contributed by atoms with Gasteiger partial charge < -0.3 is 36.6 Å². The highest BCUT2D eigenvalue weighted by Gasteiger charge is 2.40. The predicted octanol–water partition coefficient (Wildman–Crippen LogP) is -2.61. The van der Waals surface area contributed by atoms with Crippen molar-refractivity contribution in [2.24, 2.45) is 11.7 Å². The molecule has 0 unspecified atom stereocenters. The maximum atomic E-state index is 12.7. The average Bonchev–Trinajstić information content (AvgIpc) is 3.12. The second kappa shape index (κ2) is 10.3. The lowest BCUT2D eigenvalue weighted by Crippen LogP contribution is -2.60. The van der Waals surface area contributed by atoms with Gasteiger partial charge in [0.1, 0.15) is 18.1 Å². The summed E-state index contributed by atoms with van der Waals surface area (Å²) in [5.41, 5.74) is 5.71. The summed E-state index contributed by atoms with van der Waals surface area (Å²) in [6.07, 6.45) is -0.547. The Morgan fingerprint density at radius 1 is 1.14 bits per heavy atom. The smallest absolute Gasteiger partial charge is 0.326 e. The summed E-state index contributed by atoms with van der Waals surface area (Å²) in [6, 6.07) is -4.71. The van der Waals surface area contributed by atoms with Crippen LogP contribution in [0.2, 0.25) is 0 Å². The number of aliphatic hydroxyl groups is 2. The standard InChI is InChI=1S/C17H30N4O7/c1-8(2)12(18)15(25)19-10(7-22)14(24)20-13(9(3)23)16(26)21-6-4-5-11(21)17(27)28/h8-13,22-23H,4-7,18H2,1-3H3,(H,19,25)(H,20,24)(H,27,28)/t9-,10+,11+,12+,13+/m1/s1. The normalized spacial score (nSPS) is 21.0.